The quantitative estimate of drug-likeness (QED) is 0.776. The zero-order valence-corrected chi connectivity index (χ0v) is 14.5. The topological polar surface area (TPSA) is 75.6 Å². The first kappa shape index (κ1) is 16.7. The Morgan fingerprint density at radius 1 is 1.33 bits per heavy atom. The van der Waals surface area contributed by atoms with Crippen LogP contribution in [0.1, 0.15) is 42.4 Å². The molecule has 1 aromatic rings. The van der Waals surface area contributed by atoms with Crippen molar-refractivity contribution in [1.29, 1.82) is 0 Å². The fourth-order valence-corrected chi connectivity index (χ4v) is 3.70. The van der Waals surface area contributed by atoms with Crippen LogP contribution in [-0.4, -0.2) is 60.0 Å². The van der Waals surface area contributed by atoms with E-state index in [1.165, 1.54) is 7.11 Å². The highest BCUT2D eigenvalue weighted by atomic mass is 16.5. The molecule has 24 heavy (non-hydrogen) atoms. The summed E-state index contributed by atoms with van der Waals surface area (Å²) < 4.78 is 4.75. The van der Waals surface area contributed by atoms with Gasteiger partial charge in [0.1, 0.15) is 0 Å². The summed E-state index contributed by atoms with van der Waals surface area (Å²) in [4.78, 5) is 37.3. The fourth-order valence-electron chi connectivity index (χ4n) is 3.70. The molecule has 1 amide bonds. The minimum absolute atomic E-state index is 0.256. The molecule has 0 radical (unpaired) electrons. The normalized spacial score (nSPS) is 23.4. The molecule has 130 valence electrons. The third-order valence-electron chi connectivity index (χ3n) is 4.97. The Bertz CT molecular complexity index is 663. The summed E-state index contributed by atoms with van der Waals surface area (Å²) in [6.45, 7) is 6.93. The van der Waals surface area contributed by atoms with Crippen molar-refractivity contribution in [3.63, 3.8) is 0 Å². The number of hydrogen-bond donors (Lipinski definition) is 0. The third-order valence-corrected chi connectivity index (χ3v) is 4.97. The van der Waals surface area contributed by atoms with Gasteiger partial charge in [-0.3, -0.25) is 4.79 Å². The molecule has 3 rings (SSSR count). The lowest BCUT2D eigenvalue weighted by Crippen LogP contribution is -2.37. The Hall–Kier alpha value is -2.18. The summed E-state index contributed by atoms with van der Waals surface area (Å²) >= 11 is 0. The molecule has 2 fully saturated rings. The minimum Gasteiger partial charge on any atom is -0.464 e. The number of ether oxygens (including phenoxy) is 1. The predicted octanol–water partition coefficient (Wildman–Crippen LogP) is 1.41. The van der Waals surface area contributed by atoms with E-state index in [2.05, 4.69) is 16.9 Å². The van der Waals surface area contributed by atoms with Crippen LogP contribution >= 0.6 is 0 Å². The van der Waals surface area contributed by atoms with Gasteiger partial charge in [0, 0.05) is 31.9 Å². The molecule has 2 aliphatic rings. The number of aromatic nitrogens is 2. The molecule has 0 bridgehead atoms. The van der Waals surface area contributed by atoms with E-state index in [9.17, 15) is 9.59 Å². The predicted molar refractivity (Wildman–Crippen MR) is 88.9 cm³/mol. The van der Waals surface area contributed by atoms with Crippen molar-refractivity contribution in [3.8, 4) is 0 Å². The summed E-state index contributed by atoms with van der Waals surface area (Å²) in [5, 5.41) is 0. The van der Waals surface area contributed by atoms with E-state index in [-0.39, 0.29) is 17.0 Å². The monoisotopic (exact) mass is 332 g/mol. The molecular weight excluding hydrogens is 308 g/mol. The van der Waals surface area contributed by atoms with Crippen molar-refractivity contribution < 1.29 is 14.3 Å². The van der Waals surface area contributed by atoms with Crippen LogP contribution in [0.25, 0.3) is 0 Å². The van der Waals surface area contributed by atoms with Gasteiger partial charge in [0.2, 0.25) is 11.9 Å². The zero-order chi connectivity index (χ0) is 17.3. The number of methoxy groups -OCH3 is 1. The van der Waals surface area contributed by atoms with E-state index in [1.54, 1.807) is 6.07 Å². The summed E-state index contributed by atoms with van der Waals surface area (Å²) in [5.41, 5.74) is 0.659. The first-order chi connectivity index (χ1) is 11.5. The summed E-state index contributed by atoms with van der Waals surface area (Å²) in [6, 6.07) is 1.62. The van der Waals surface area contributed by atoms with Crippen molar-refractivity contribution in [3.05, 3.63) is 17.5 Å². The Labute approximate surface area is 142 Å². The second kappa shape index (κ2) is 6.37. The maximum absolute atomic E-state index is 12.8. The van der Waals surface area contributed by atoms with E-state index in [0.717, 1.165) is 38.9 Å². The molecular formula is C17H24N4O3. The number of aryl methyl sites for hydroxylation is 1. The van der Waals surface area contributed by atoms with Crippen LogP contribution in [0.4, 0.5) is 5.95 Å². The molecule has 0 saturated carbocycles. The molecule has 2 saturated heterocycles. The van der Waals surface area contributed by atoms with Gasteiger partial charge in [-0.05, 0) is 32.3 Å². The maximum atomic E-state index is 12.8. The highest BCUT2D eigenvalue weighted by molar-refractivity contribution is 5.88. The van der Waals surface area contributed by atoms with E-state index >= 15 is 0 Å². The van der Waals surface area contributed by atoms with E-state index < -0.39 is 5.97 Å². The number of esters is 1. The molecule has 0 aromatic carbocycles. The Morgan fingerprint density at radius 3 is 2.79 bits per heavy atom. The first-order valence-corrected chi connectivity index (χ1v) is 8.47. The molecule has 3 heterocycles. The summed E-state index contributed by atoms with van der Waals surface area (Å²) in [7, 11) is 1.34. The largest absolute Gasteiger partial charge is 0.464 e. The number of nitrogens with zero attached hydrogens (tertiary/aromatic N) is 4. The second-order valence-electron chi connectivity index (χ2n) is 6.68. The van der Waals surface area contributed by atoms with E-state index in [4.69, 9.17) is 4.74 Å². The van der Waals surface area contributed by atoms with Gasteiger partial charge in [-0.2, -0.15) is 0 Å². The van der Waals surface area contributed by atoms with Crippen LogP contribution in [0, 0.1) is 12.3 Å². The van der Waals surface area contributed by atoms with E-state index in [0.29, 0.717) is 18.2 Å². The smallest absolute Gasteiger partial charge is 0.356 e. The van der Waals surface area contributed by atoms with Gasteiger partial charge in [0.05, 0.1) is 12.5 Å². The fraction of sp³-hybridized carbons (Fsp3) is 0.647. The number of rotatable bonds is 4. The van der Waals surface area contributed by atoms with Crippen molar-refractivity contribution >= 4 is 17.8 Å². The number of likely N-dealkylation sites (tertiary alicyclic amines) is 1. The Balaban J connectivity index is 1.80. The van der Waals surface area contributed by atoms with Crippen LogP contribution in [0.2, 0.25) is 0 Å². The average Bonchev–Trinajstić information content (AvgIpc) is 3.14. The van der Waals surface area contributed by atoms with E-state index in [1.807, 2.05) is 16.7 Å². The van der Waals surface area contributed by atoms with Gasteiger partial charge >= 0.3 is 5.97 Å². The second-order valence-corrected chi connectivity index (χ2v) is 6.68. The number of amides is 1. The molecule has 1 spiro atoms. The number of anilines is 1. The minimum atomic E-state index is -0.471. The van der Waals surface area contributed by atoms with Crippen molar-refractivity contribution in [2.45, 2.75) is 33.1 Å². The van der Waals surface area contributed by atoms with Crippen molar-refractivity contribution in [2.24, 2.45) is 5.41 Å². The summed E-state index contributed by atoms with van der Waals surface area (Å²) in [5.74, 6) is 0.295. The van der Waals surface area contributed by atoms with Gasteiger partial charge in [-0.25, -0.2) is 14.8 Å². The molecule has 7 heteroatoms. The Morgan fingerprint density at radius 2 is 2.08 bits per heavy atom. The van der Waals surface area contributed by atoms with Gasteiger partial charge in [-0.15, -0.1) is 0 Å². The average molecular weight is 332 g/mol. The SMILES string of the molecule is CCCN1CCC2(CCN(c3nc(C)cc(C(=O)OC)n3)C2)C1=O. The molecule has 1 unspecified atom stereocenters. The summed E-state index contributed by atoms with van der Waals surface area (Å²) in [6.07, 6.45) is 2.68. The number of carbonyl (C=O) groups excluding carboxylic acids is 2. The highest BCUT2D eigenvalue weighted by Crippen LogP contribution is 2.41. The van der Waals surface area contributed by atoms with Gasteiger partial charge in [0.25, 0.3) is 0 Å². The van der Waals surface area contributed by atoms with Crippen LogP contribution in [0.5, 0.6) is 0 Å². The van der Waals surface area contributed by atoms with Crippen LogP contribution in [-0.2, 0) is 9.53 Å². The van der Waals surface area contributed by atoms with Crippen molar-refractivity contribution in [2.75, 3.05) is 38.2 Å². The zero-order valence-electron chi connectivity index (χ0n) is 14.5. The molecule has 2 aliphatic heterocycles. The molecule has 0 aliphatic carbocycles. The third kappa shape index (κ3) is 2.83. The van der Waals surface area contributed by atoms with Crippen LogP contribution in [0.15, 0.2) is 6.07 Å². The van der Waals surface area contributed by atoms with Crippen LogP contribution in [0.3, 0.4) is 0 Å². The van der Waals surface area contributed by atoms with Crippen LogP contribution < -0.4 is 4.90 Å². The molecule has 7 nitrogen and oxygen atoms in total. The standard InChI is InChI=1S/C17H24N4O3/c1-4-7-20-8-5-17(15(20)23)6-9-21(11-17)16-18-12(2)10-13(19-16)14(22)24-3/h10H,4-9,11H2,1-3H3. The number of hydrogen-bond acceptors (Lipinski definition) is 6. The maximum Gasteiger partial charge on any atom is 0.356 e. The Kier molecular flexibility index (Phi) is 4.43. The molecule has 1 aromatic heterocycles. The lowest BCUT2D eigenvalue weighted by Gasteiger charge is -2.23. The lowest BCUT2D eigenvalue weighted by molar-refractivity contribution is -0.135. The molecule has 0 N–H and O–H groups in total. The lowest BCUT2D eigenvalue weighted by atomic mass is 9.85. The van der Waals surface area contributed by atoms with Crippen molar-refractivity contribution in [1.82, 2.24) is 14.9 Å². The van der Waals surface area contributed by atoms with Gasteiger partial charge < -0.3 is 14.5 Å². The molecule has 1 atom stereocenters. The number of carbonyl (C=O) groups is 2. The van der Waals surface area contributed by atoms with Gasteiger partial charge in [0.15, 0.2) is 5.69 Å². The highest BCUT2D eigenvalue weighted by Gasteiger charge is 2.50. The van der Waals surface area contributed by atoms with Gasteiger partial charge in [-0.1, -0.05) is 6.92 Å². The first-order valence-electron chi connectivity index (χ1n) is 8.47.